The maximum Gasteiger partial charge on any atom is 0.330 e. The largest absolute Gasteiger partial charge is 0.479 e. The van der Waals surface area contributed by atoms with Crippen LogP contribution in [0, 0.1) is 0 Å². The molecular formula is C19H18N2O2. The van der Waals surface area contributed by atoms with Crippen molar-refractivity contribution >= 4 is 11.8 Å². The quantitative estimate of drug-likeness (QED) is 0.729. The van der Waals surface area contributed by atoms with E-state index in [1.54, 1.807) is 0 Å². The second-order valence-electron chi connectivity index (χ2n) is 5.33. The van der Waals surface area contributed by atoms with Gasteiger partial charge < -0.3 is 15.0 Å². The van der Waals surface area contributed by atoms with Gasteiger partial charge in [0.05, 0.1) is 0 Å². The summed E-state index contributed by atoms with van der Waals surface area (Å²) in [5, 5.41) is 12.7. The minimum Gasteiger partial charge on any atom is -0.479 e. The van der Waals surface area contributed by atoms with E-state index in [-0.39, 0.29) is 0 Å². The number of aliphatic carboxylic acids is 1. The van der Waals surface area contributed by atoms with Crippen LogP contribution in [0.3, 0.4) is 0 Å². The van der Waals surface area contributed by atoms with Gasteiger partial charge in [0.15, 0.2) is 6.04 Å². The van der Waals surface area contributed by atoms with Gasteiger partial charge in [0.25, 0.3) is 0 Å². The molecule has 0 aliphatic heterocycles. The maximum atomic E-state index is 11.6. The first-order valence-corrected chi connectivity index (χ1v) is 7.47. The van der Waals surface area contributed by atoms with Crippen molar-refractivity contribution in [3.8, 4) is 0 Å². The molecule has 1 aromatic heterocycles. The molecule has 3 aromatic rings. The van der Waals surface area contributed by atoms with Gasteiger partial charge in [-0.15, -0.1) is 0 Å². The van der Waals surface area contributed by atoms with Gasteiger partial charge in [-0.3, -0.25) is 0 Å². The van der Waals surface area contributed by atoms with Crippen LogP contribution in [-0.2, 0) is 11.3 Å². The maximum absolute atomic E-state index is 11.6. The molecule has 116 valence electrons. The lowest BCUT2D eigenvalue weighted by Crippen LogP contribution is -2.22. The monoisotopic (exact) mass is 306 g/mol. The highest BCUT2D eigenvalue weighted by atomic mass is 16.4. The normalized spacial score (nSPS) is 11.8. The Bertz CT molecular complexity index is 766. The molecule has 4 nitrogen and oxygen atoms in total. The standard InChI is InChI=1S/C19H18N2O2/c22-19(23)18(16-10-5-2-6-11-16)20-17-12-7-13-21(17)14-15-8-3-1-4-9-15/h1-13,18,20H,14H2,(H,22,23). The molecule has 0 amide bonds. The van der Waals surface area contributed by atoms with Gasteiger partial charge in [-0.05, 0) is 23.3 Å². The number of nitrogens with one attached hydrogen (secondary N) is 1. The van der Waals surface area contributed by atoms with Crippen molar-refractivity contribution in [1.82, 2.24) is 4.57 Å². The number of nitrogens with zero attached hydrogens (tertiary/aromatic N) is 1. The molecule has 3 rings (SSSR count). The Balaban J connectivity index is 1.82. The van der Waals surface area contributed by atoms with Crippen molar-refractivity contribution in [2.24, 2.45) is 0 Å². The molecule has 1 unspecified atom stereocenters. The molecule has 1 heterocycles. The molecule has 4 heteroatoms. The summed E-state index contributed by atoms with van der Waals surface area (Å²) in [7, 11) is 0. The molecule has 0 aliphatic rings. The van der Waals surface area contributed by atoms with Gasteiger partial charge in [0.2, 0.25) is 0 Å². The van der Waals surface area contributed by atoms with Crippen LogP contribution in [-0.4, -0.2) is 15.6 Å². The van der Waals surface area contributed by atoms with Crippen LogP contribution in [0.4, 0.5) is 5.82 Å². The summed E-state index contributed by atoms with van der Waals surface area (Å²) in [5.41, 5.74) is 1.89. The zero-order valence-electron chi connectivity index (χ0n) is 12.6. The third kappa shape index (κ3) is 3.61. The molecule has 2 aromatic carbocycles. The lowest BCUT2D eigenvalue weighted by molar-refractivity contribution is -0.138. The smallest absolute Gasteiger partial charge is 0.330 e. The number of aromatic nitrogens is 1. The van der Waals surface area contributed by atoms with Gasteiger partial charge in [-0.25, -0.2) is 4.79 Å². The molecular weight excluding hydrogens is 288 g/mol. The van der Waals surface area contributed by atoms with E-state index in [9.17, 15) is 9.90 Å². The van der Waals surface area contributed by atoms with Gasteiger partial charge in [-0.2, -0.15) is 0 Å². The van der Waals surface area contributed by atoms with Crippen LogP contribution >= 0.6 is 0 Å². The fraction of sp³-hybridized carbons (Fsp3) is 0.105. The summed E-state index contributed by atoms with van der Waals surface area (Å²) in [6.07, 6.45) is 1.94. The van der Waals surface area contributed by atoms with Crippen molar-refractivity contribution in [2.45, 2.75) is 12.6 Å². The van der Waals surface area contributed by atoms with Crippen LogP contribution in [0.1, 0.15) is 17.2 Å². The second-order valence-corrected chi connectivity index (χ2v) is 5.33. The van der Waals surface area contributed by atoms with Crippen LogP contribution in [0.5, 0.6) is 0 Å². The van der Waals surface area contributed by atoms with E-state index in [4.69, 9.17) is 0 Å². The zero-order chi connectivity index (χ0) is 16.1. The molecule has 1 atom stereocenters. The summed E-state index contributed by atoms with van der Waals surface area (Å²) in [4.78, 5) is 11.6. The summed E-state index contributed by atoms with van der Waals surface area (Å²) < 4.78 is 2.01. The molecule has 0 bridgehead atoms. The topological polar surface area (TPSA) is 54.3 Å². The highest BCUT2D eigenvalue weighted by molar-refractivity contribution is 5.78. The molecule has 0 saturated carbocycles. The molecule has 0 radical (unpaired) electrons. The summed E-state index contributed by atoms with van der Waals surface area (Å²) in [6.45, 7) is 0.692. The van der Waals surface area contributed by atoms with Crippen molar-refractivity contribution in [1.29, 1.82) is 0 Å². The minimum atomic E-state index is -0.899. The minimum absolute atomic E-state index is 0.692. The number of hydrogen-bond donors (Lipinski definition) is 2. The molecule has 2 N–H and O–H groups in total. The Morgan fingerprint density at radius 3 is 2.26 bits per heavy atom. The lowest BCUT2D eigenvalue weighted by Gasteiger charge is -2.18. The van der Waals surface area contributed by atoms with E-state index in [2.05, 4.69) is 17.4 Å². The third-order valence-electron chi connectivity index (χ3n) is 3.70. The number of carboxylic acid groups (broad SMARTS) is 1. The van der Waals surface area contributed by atoms with E-state index in [0.29, 0.717) is 6.54 Å². The van der Waals surface area contributed by atoms with Crippen molar-refractivity contribution < 1.29 is 9.90 Å². The number of anilines is 1. The number of rotatable bonds is 6. The fourth-order valence-corrected chi connectivity index (χ4v) is 2.54. The van der Waals surface area contributed by atoms with E-state index in [1.807, 2.05) is 71.4 Å². The Kier molecular flexibility index (Phi) is 4.43. The first kappa shape index (κ1) is 14.9. The predicted octanol–water partition coefficient (Wildman–Crippen LogP) is 3.77. The SMILES string of the molecule is O=C(O)C(Nc1cccn1Cc1ccccc1)c1ccccc1. The van der Waals surface area contributed by atoms with Gasteiger partial charge in [0, 0.05) is 12.7 Å². The number of carboxylic acids is 1. The first-order chi connectivity index (χ1) is 11.2. The van der Waals surface area contributed by atoms with E-state index >= 15 is 0 Å². The number of benzene rings is 2. The van der Waals surface area contributed by atoms with Gasteiger partial charge in [0.1, 0.15) is 5.82 Å². The third-order valence-corrected chi connectivity index (χ3v) is 3.70. The number of hydrogen-bond acceptors (Lipinski definition) is 2. The average molecular weight is 306 g/mol. The zero-order valence-corrected chi connectivity index (χ0v) is 12.6. The van der Waals surface area contributed by atoms with Crippen molar-refractivity contribution in [3.63, 3.8) is 0 Å². The molecule has 0 spiro atoms. The molecule has 23 heavy (non-hydrogen) atoms. The van der Waals surface area contributed by atoms with Crippen LogP contribution < -0.4 is 5.32 Å². The van der Waals surface area contributed by atoms with Crippen LogP contribution in [0.25, 0.3) is 0 Å². The molecule has 0 aliphatic carbocycles. The van der Waals surface area contributed by atoms with Crippen molar-refractivity contribution in [3.05, 3.63) is 90.1 Å². The Labute approximate surface area is 135 Å². The second kappa shape index (κ2) is 6.83. The summed E-state index contributed by atoms with van der Waals surface area (Å²) in [6, 6.07) is 22.3. The summed E-state index contributed by atoms with van der Waals surface area (Å²) >= 11 is 0. The first-order valence-electron chi connectivity index (χ1n) is 7.47. The van der Waals surface area contributed by atoms with E-state index in [1.165, 1.54) is 5.56 Å². The van der Waals surface area contributed by atoms with Crippen molar-refractivity contribution in [2.75, 3.05) is 5.32 Å². The highest BCUT2D eigenvalue weighted by Gasteiger charge is 2.20. The van der Waals surface area contributed by atoms with Gasteiger partial charge >= 0.3 is 5.97 Å². The van der Waals surface area contributed by atoms with E-state index in [0.717, 1.165) is 11.4 Å². The van der Waals surface area contributed by atoms with Crippen LogP contribution in [0.2, 0.25) is 0 Å². The average Bonchev–Trinajstić information content (AvgIpc) is 3.01. The summed E-state index contributed by atoms with van der Waals surface area (Å²) in [5.74, 6) is -0.117. The number of carbonyl (C=O) groups is 1. The van der Waals surface area contributed by atoms with Gasteiger partial charge in [-0.1, -0.05) is 60.7 Å². The van der Waals surface area contributed by atoms with Crippen LogP contribution in [0.15, 0.2) is 79.0 Å². The Morgan fingerprint density at radius 2 is 1.61 bits per heavy atom. The lowest BCUT2D eigenvalue weighted by atomic mass is 10.1. The Morgan fingerprint density at radius 1 is 0.957 bits per heavy atom. The molecule has 0 fully saturated rings. The fourth-order valence-electron chi connectivity index (χ4n) is 2.54. The van der Waals surface area contributed by atoms with E-state index < -0.39 is 12.0 Å². The molecule has 0 saturated heterocycles. The highest BCUT2D eigenvalue weighted by Crippen LogP contribution is 2.21. The Hall–Kier alpha value is -3.01. The predicted molar refractivity (Wildman–Crippen MR) is 90.4 cm³/mol.